The molecular formula is C22H25N3O3S. The van der Waals surface area contributed by atoms with Gasteiger partial charge in [0.05, 0.1) is 23.5 Å². The van der Waals surface area contributed by atoms with E-state index in [2.05, 4.69) is 0 Å². The van der Waals surface area contributed by atoms with Crippen molar-refractivity contribution in [2.24, 2.45) is 0 Å². The number of morpholine rings is 1. The van der Waals surface area contributed by atoms with Crippen LogP contribution >= 0.6 is 11.3 Å². The summed E-state index contributed by atoms with van der Waals surface area (Å²) in [5.74, 6) is -0.536. The number of rotatable bonds is 4. The van der Waals surface area contributed by atoms with Crippen molar-refractivity contribution in [3.8, 4) is 0 Å². The SMILES string of the molecule is CC1CN(C2=C(c3cccs3)C(=O)N(c3cccc(N(C)C)c3)C2=O)CC(C)O1. The van der Waals surface area contributed by atoms with E-state index in [1.165, 1.54) is 16.2 Å². The summed E-state index contributed by atoms with van der Waals surface area (Å²) < 4.78 is 5.84. The third-order valence-corrected chi connectivity index (χ3v) is 6.05. The molecule has 2 aromatic rings. The Hall–Kier alpha value is -2.64. The van der Waals surface area contributed by atoms with Crippen LogP contribution in [0.25, 0.3) is 5.57 Å². The van der Waals surface area contributed by atoms with Gasteiger partial charge in [-0.2, -0.15) is 0 Å². The third-order valence-electron chi connectivity index (χ3n) is 5.17. The van der Waals surface area contributed by atoms with Gasteiger partial charge in [-0.3, -0.25) is 9.59 Å². The molecule has 1 aromatic heterocycles. The van der Waals surface area contributed by atoms with Crippen LogP contribution in [0.1, 0.15) is 18.7 Å². The van der Waals surface area contributed by atoms with Crippen molar-refractivity contribution in [2.45, 2.75) is 26.1 Å². The van der Waals surface area contributed by atoms with Crippen molar-refractivity contribution >= 4 is 40.1 Å². The maximum absolute atomic E-state index is 13.6. The Morgan fingerprint density at radius 3 is 2.38 bits per heavy atom. The van der Waals surface area contributed by atoms with Crippen molar-refractivity contribution in [1.29, 1.82) is 0 Å². The molecule has 0 aliphatic carbocycles. The maximum Gasteiger partial charge on any atom is 0.282 e. The molecule has 2 unspecified atom stereocenters. The van der Waals surface area contributed by atoms with E-state index in [9.17, 15) is 9.59 Å². The second-order valence-electron chi connectivity index (χ2n) is 7.72. The van der Waals surface area contributed by atoms with Gasteiger partial charge >= 0.3 is 0 Å². The standard InChI is InChI=1S/C22H25N3O3S/c1-14-12-24(13-15(2)28-14)20-19(18-9-6-10-29-18)21(26)25(22(20)27)17-8-5-7-16(11-17)23(3)4/h5-11,14-15H,12-13H2,1-4H3. The highest BCUT2D eigenvalue weighted by atomic mass is 32.1. The normalized spacial score (nSPS) is 22.6. The van der Waals surface area contributed by atoms with E-state index in [1.54, 1.807) is 0 Å². The summed E-state index contributed by atoms with van der Waals surface area (Å²) in [6.07, 6.45) is -0.0188. The van der Waals surface area contributed by atoms with E-state index in [0.717, 1.165) is 10.6 Å². The van der Waals surface area contributed by atoms with Crippen molar-refractivity contribution < 1.29 is 14.3 Å². The van der Waals surface area contributed by atoms with Crippen LogP contribution in [0, 0.1) is 0 Å². The number of anilines is 2. The maximum atomic E-state index is 13.6. The zero-order chi connectivity index (χ0) is 20.7. The largest absolute Gasteiger partial charge is 0.378 e. The Labute approximate surface area is 175 Å². The van der Waals surface area contributed by atoms with Crippen LogP contribution in [-0.4, -0.2) is 56.1 Å². The third kappa shape index (κ3) is 3.56. The molecule has 0 N–H and O–H groups in total. The Morgan fingerprint density at radius 1 is 1.03 bits per heavy atom. The minimum Gasteiger partial charge on any atom is -0.378 e. The fraction of sp³-hybridized carbons (Fsp3) is 0.364. The zero-order valence-corrected chi connectivity index (χ0v) is 17.9. The molecule has 7 heteroatoms. The van der Waals surface area contributed by atoms with Gasteiger partial charge in [0, 0.05) is 37.7 Å². The molecule has 0 saturated carbocycles. The molecule has 2 aliphatic rings. The number of hydrogen-bond donors (Lipinski definition) is 0. The molecule has 2 atom stereocenters. The number of thiophene rings is 1. The first-order chi connectivity index (χ1) is 13.9. The number of nitrogens with zero attached hydrogens (tertiary/aromatic N) is 3. The molecule has 1 fully saturated rings. The summed E-state index contributed by atoms with van der Waals surface area (Å²) >= 11 is 1.48. The number of hydrogen-bond acceptors (Lipinski definition) is 6. The number of ether oxygens (including phenoxy) is 1. The molecular weight excluding hydrogens is 386 g/mol. The highest BCUT2D eigenvalue weighted by Gasteiger charge is 2.44. The van der Waals surface area contributed by atoms with Gasteiger partial charge in [0.2, 0.25) is 0 Å². The molecule has 3 heterocycles. The van der Waals surface area contributed by atoms with Crippen molar-refractivity contribution in [2.75, 3.05) is 37.0 Å². The minimum absolute atomic E-state index is 0.00939. The van der Waals surface area contributed by atoms with Gasteiger partial charge in [0.1, 0.15) is 5.70 Å². The number of benzene rings is 1. The van der Waals surface area contributed by atoms with Crippen LogP contribution in [0.3, 0.4) is 0 Å². The van der Waals surface area contributed by atoms with E-state index in [-0.39, 0.29) is 24.0 Å². The van der Waals surface area contributed by atoms with Gasteiger partial charge in [-0.05, 0) is 43.5 Å². The molecule has 6 nitrogen and oxygen atoms in total. The predicted octanol–water partition coefficient (Wildman–Crippen LogP) is 3.21. The molecule has 0 bridgehead atoms. The highest BCUT2D eigenvalue weighted by Crippen LogP contribution is 2.38. The summed E-state index contributed by atoms with van der Waals surface area (Å²) in [6, 6.07) is 11.3. The predicted molar refractivity (Wildman–Crippen MR) is 116 cm³/mol. The number of imide groups is 1. The van der Waals surface area contributed by atoms with Crippen LogP contribution in [0.15, 0.2) is 47.5 Å². The fourth-order valence-electron chi connectivity index (χ4n) is 3.96. The Balaban J connectivity index is 1.79. The lowest BCUT2D eigenvalue weighted by Crippen LogP contribution is -2.47. The molecule has 0 radical (unpaired) electrons. The quantitative estimate of drug-likeness (QED) is 0.723. The molecule has 0 spiro atoms. The van der Waals surface area contributed by atoms with E-state index in [1.807, 2.05) is 79.5 Å². The van der Waals surface area contributed by atoms with Gasteiger partial charge in [0.25, 0.3) is 11.8 Å². The van der Waals surface area contributed by atoms with Gasteiger partial charge in [-0.1, -0.05) is 12.1 Å². The summed E-state index contributed by atoms with van der Waals surface area (Å²) in [6.45, 7) is 5.15. The molecule has 2 aliphatic heterocycles. The first-order valence-corrected chi connectivity index (χ1v) is 10.6. The van der Waals surface area contributed by atoms with E-state index >= 15 is 0 Å². The minimum atomic E-state index is -0.268. The van der Waals surface area contributed by atoms with Crippen LogP contribution in [0.4, 0.5) is 11.4 Å². The van der Waals surface area contributed by atoms with E-state index in [0.29, 0.717) is 30.0 Å². The number of carbonyl (C=O) groups excluding carboxylic acids is 2. The van der Waals surface area contributed by atoms with Gasteiger partial charge in [-0.15, -0.1) is 11.3 Å². The smallest absolute Gasteiger partial charge is 0.282 e. The second-order valence-corrected chi connectivity index (χ2v) is 8.67. The van der Waals surface area contributed by atoms with Crippen LogP contribution in [-0.2, 0) is 14.3 Å². The summed E-state index contributed by atoms with van der Waals surface area (Å²) in [4.78, 5) is 33.2. The van der Waals surface area contributed by atoms with Crippen molar-refractivity contribution in [3.05, 3.63) is 52.4 Å². The first kappa shape index (κ1) is 19.7. The average molecular weight is 412 g/mol. The Kier molecular flexibility index (Phi) is 5.19. The van der Waals surface area contributed by atoms with E-state index in [4.69, 9.17) is 4.74 Å². The lowest BCUT2D eigenvalue weighted by molar-refractivity contribution is -0.121. The Morgan fingerprint density at radius 2 is 1.76 bits per heavy atom. The van der Waals surface area contributed by atoms with Crippen LogP contribution < -0.4 is 9.80 Å². The average Bonchev–Trinajstić information content (AvgIpc) is 3.27. The Bertz CT molecular complexity index is 957. The lowest BCUT2D eigenvalue weighted by Gasteiger charge is -2.37. The molecule has 152 valence electrons. The summed E-state index contributed by atoms with van der Waals surface area (Å²) in [5, 5.41) is 1.93. The fourth-order valence-corrected chi connectivity index (χ4v) is 4.72. The second kappa shape index (κ2) is 7.65. The first-order valence-electron chi connectivity index (χ1n) is 9.71. The molecule has 1 aromatic carbocycles. The zero-order valence-electron chi connectivity index (χ0n) is 17.1. The molecule has 1 saturated heterocycles. The number of carbonyl (C=O) groups is 2. The van der Waals surface area contributed by atoms with E-state index < -0.39 is 0 Å². The lowest BCUT2D eigenvalue weighted by atomic mass is 10.1. The molecule has 2 amide bonds. The van der Waals surface area contributed by atoms with Crippen LogP contribution in [0.5, 0.6) is 0 Å². The van der Waals surface area contributed by atoms with Gasteiger partial charge in [-0.25, -0.2) is 4.90 Å². The van der Waals surface area contributed by atoms with Crippen molar-refractivity contribution in [3.63, 3.8) is 0 Å². The van der Waals surface area contributed by atoms with Crippen molar-refractivity contribution in [1.82, 2.24) is 4.90 Å². The topological polar surface area (TPSA) is 53.1 Å². The summed E-state index contributed by atoms with van der Waals surface area (Å²) in [7, 11) is 3.87. The van der Waals surface area contributed by atoms with Crippen LogP contribution in [0.2, 0.25) is 0 Å². The highest BCUT2D eigenvalue weighted by molar-refractivity contribution is 7.11. The molecule has 29 heavy (non-hydrogen) atoms. The molecule has 4 rings (SSSR count). The van der Waals surface area contributed by atoms with Gasteiger partial charge < -0.3 is 14.5 Å². The monoisotopic (exact) mass is 411 g/mol. The number of amides is 2. The van der Waals surface area contributed by atoms with Gasteiger partial charge in [0.15, 0.2) is 0 Å². The summed E-state index contributed by atoms with van der Waals surface area (Å²) in [5.41, 5.74) is 2.49.